The molecule has 2 N–H and O–H groups in total. The fourth-order valence-corrected chi connectivity index (χ4v) is 2.13. The molecule has 0 aliphatic heterocycles. The van der Waals surface area contributed by atoms with Crippen molar-refractivity contribution in [2.24, 2.45) is 17.6 Å². The highest BCUT2D eigenvalue weighted by atomic mass is 14.7. The van der Waals surface area contributed by atoms with Crippen molar-refractivity contribution >= 4 is 0 Å². The largest absolute Gasteiger partial charge is 0.327 e. The highest BCUT2D eigenvalue weighted by molar-refractivity contribution is 4.86. The first-order valence-corrected chi connectivity index (χ1v) is 4.62. The molecule has 1 fully saturated rings. The molecule has 3 atom stereocenters. The SMILES string of the molecule is C=CC[C@H]1[C@H](C)CCC[C@H]1N. The molecular weight excluding hydrogens is 134 g/mol. The van der Waals surface area contributed by atoms with Gasteiger partial charge in [0, 0.05) is 6.04 Å². The Kier molecular flexibility index (Phi) is 3.13. The van der Waals surface area contributed by atoms with Crippen LogP contribution < -0.4 is 5.73 Å². The summed E-state index contributed by atoms with van der Waals surface area (Å²) in [6.07, 6.45) is 6.99. The van der Waals surface area contributed by atoms with Crippen LogP contribution in [0.4, 0.5) is 0 Å². The Hall–Kier alpha value is -0.300. The lowest BCUT2D eigenvalue weighted by atomic mass is 9.75. The Bertz CT molecular complexity index is 121. The van der Waals surface area contributed by atoms with E-state index in [-0.39, 0.29) is 0 Å². The zero-order chi connectivity index (χ0) is 8.27. The second-order valence-electron chi connectivity index (χ2n) is 3.76. The van der Waals surface area contributed by atoms with Crippen LogP contribution in [0, 0.1) is 11.8 Å². The highest BCUT2D eigenvalue weighted by Gasteiger charge is 2.26. The lowest BCUT2D eigenvalue weighted by molar-refractivity contribution is 0.222. The van der Waals surface area contributed by atoms with E-state index in [4.69, 9.17) is 5.73 Å². The van der Waals surface area contributed by atoms with Gasteiger partial charge >= 0.3 is 0 Å². The van der Waals surface area contributed by atoms with E-state index in [0.717, 1.165) is 12.3 Å². The van der Waals surface area contributed by atoms with E-state index in [0.29, 0.717) is 12.0 Å². The first-order chi connectivity index (χ1) is 5.25. The van der Waals surface area contributed by atoms with Crippen molar-refractivity contribution < 1.29 is 0 Å². The number of nitrogens with two attached hydrogens (primary N) is 1. The van der Waals surface area contributed by atoms with Gasteiger partial charge in [-0.2, -0.15) is 0 Å². The van der Waals surface area contributed by atoms with Crippen LogP contribution >= 0.6 is 0 Å². The fourth-order valence-electron chi connectivity index (χ4n) is 2.13. The molecule has 0 amide bonds. The number of rotatable bonds is 2. The van der Waals surface area contributed by atoms with Gasteiger partial charge in [0.15, 0.2) is 0 Å². The third-order valence-corrected chi connectivity index (χ3v) is 2.92. The van der Waals surface area contributed by atoms with Crippen molar-refractivity contribution in [1.29, 1.82) is 0 Å². The third-order valence-electron chi connectivity index (χ3n) is 2.92. The summed E-state index contributed by atoms with van der Waals surface area (Å²) in [4.78, 5) is 0. The molecule has 0 unspecified atom stereocenters. The summed E-state index contributed by atoms with van der Waals surface area (Å²) in [7, 11) is 0. The van der Waals surface area contributed by atoms with Gasteiger partial charge in [0.05, 0.1) is 0 Å². The molecule has 11 heavy (non-hydrogen) atoms. The van der Waals surface area contributed by atoms with Gasteiger partial charge < -0.3 is 5.73 Å². The monoisotopic (exact) mass is 153 g/mol. The number of hydrogen-bond donors (Lipinski definition) is 1. The van der Waals surface area contributed by atoms with E-state index in [2.05, 4.69) is 13.5 Å². The van der Waals surface area contributed by atoms with Crippen LogP contribution in [0.5, 0.6) is 0 Å². The standard InChI is InChI=1S/C10H19N/c1-3-5-9-8(2)6-4-7-10(9)11/h3,8-10H,1,4-7,11H2,2H3/t8-,9+,10-/m1/s1. The van der Waals surface area contributed by atoms with E-state index in [1.807, 2.05) is 6.08 Å². The molecule has 0 aromatic rings. The predicted molar refractivity (Wildman–Crippen MR) is 49.3 cm³/mol. The molecule has 0 aromatic heterocycles. The van der Waals surface area contributed by atoms with E-state index in [1.165, 1.54) is 19.3 Å². The molecule has 64 valence electrons. The van der Waals surface area contributed by atoms with Crippen molar-refractivity contribution in [2.45, 2.75) is 38.6 Å². The van der Waals surface area contributed by atoms with E-state index in [9.17, 15) is 0 Å². The zero-order valence-electron chi connectivity index (χ0n) is 7.42. The summed E-state index contributed by atoms with van der Waals surface area (Å²) in [5.41, 5.74) is 6.01. The molecule has 0 saturated heterocycles. The lowest BCUT2D eigenvalue weighted by Crippen LogP contribution is -2.37. The predicted octanol–water partition coefficient (Wildman–Crippen LogP) is 2.33. The molecule has 1 aliphatic carbocycles. The van der Waals surface area contributed by atoms with Crippen LogP contribution in [-0.4, -0.2) is 6.04 Å². The van der Waals surface area contributed by atoms with Crippen molar-refractivity contribution in [2.75, 3.05) is 0 Å². The highest BCUT2D eigenvalue weighted by Crippen LogP contribution is 2.31. The van der Waals surface area contributed by atoms with Gasteiger partial charge in [-0.3, -0.25) is 0 Å². The molecule has 1 heteroatoms. The van der Waals surface area contributed by atoms with Gasteiger partial charge in [0.1, 0.15) is 0 Å². The maximum atomic E-state index is 6.01. The normalized spacial score (nSPS) is 38.5. The topological polar surface area (TPSA) is 26.0 Å². The van der Waals surface area contributed by atoms with Gasteiger partial charge in [0.2, 0.25) is 0 Å². The minimum Gasteiger partial charge on any atom is -0.327 e. The van der Waals surface area contributed by atoms with Crippen LogP contribution in [0.1, 0.15) is 32.6 Å². The molecule has 0 heterocycles. The van der Waals surface area contributed by atoms with E-state index >= 15 is 0 Å². The smallest absolute Gasteiger partial charge is 0.00726 e. The van der Waals surface area contributed by atoms with Crippen LogP contribution in [-0.2, 0) is 0 Å². The maximum Gasteiger partial charge on any atom is 0.00726 e. The van der Waals surface area contributed by atoms with Crippen LogP contribution in [0.25, 0.3) is 0 Å². The molecular formula is C10H19N. The Morgan fingerprint density at radius 3 is 2.82 bits per heavy atom. The van der Waals surface area contributed by atoms with Gasteiger partial charge in [-0.1, -0.05) is 25.8 Å². The number of hydrogen-bond acceptors (Lipinski definition) is 1. The Balaban J connectivity index is 2.47. The van der Waals surface area contributed by atoms with Crippen LogP contribution in [0.3, 0.4) is 0 Å². The van der Waals surface area contributed by atoms with Crippen molar-refractivity contribution in [1.82, 2.24) is 0 Å². The zero-order valence-corrected chi connectivity index (χ0v) is 7.42. The second kappa shape index (κ2) is 3.91. The van der Waals surface area contributed by atoms with Gasteiger partial charge in [-0.25, -0.2) is 0 Å². The van der Waals surface area contributed by atoms with E-state index in [1.54, 1.807) is 0 Å². The molecule has 0 aromatic carbocycles. The average Bonchev–Trinajstić information content (AvgIpc) is 1.97. The van der Waals surface area contributed by atoms with Gasteiger partial charge in [-0.15, -0.1) is 6.58 Å². The minimum absolute atomic E-state index is 0.428. The third kappa shape index (κ3) is 2.06. The molecule has 1 rings (SSSR count). The molecule has 0 spiro atoms. The molecule has 1 aliphatic rings. The maximum absolute atomic E-state index is 6.01. The molecule has 0 bridgehead atoms. The van der Waals surface area contributed by atoms with Crippen molar-refractivity contribution in [3.05, 3.63) is 12.7 Å². The Morgan fingerprint density at radius 2 is 2.27 bits per heavy atom. The quantitative estimate of drug-likeness (QED) is 0.605. The van der Waals surface area contributed by atoms with E-state index < -0.39 is 0 Å². The van der Waals surface area contributed by atoms with Gasteiger partial charge in [0.25, 0.3) is 0 Å². The fraction of sp³-hybridized carbons (Fsp3) is 0.800. The lowest BCUT2D eigenvalue weighted by Gasteiger charge is -2.33. The summed E-state index contributed by atoms with van der Waals surface area (Å²) in [6, 6.07) is 0.428. The number of allylic oxidation sites excluding steroid dienone is 1. The summed E-state index contributed by atoms with van der Waals surface area (Å²) >= 11 is 0. The van der Waals surface area contributed by atoms with Crippen LogP contribution in [0.2, 0.25) is 0 Å². The van der Waals surface area contributed by atoms with Crippen molar-refractivity contribution in [3.63, 3.8) is 0 Å². The summed E-state index contributed by atoms with van der Waals surface area (Å²) < 4.78 is 0. The first kappa shape index (κ1) is 8.79. The summed E-state index contributed by atoms with van der Waals surface area (Å²) in [5.74, 6) is 1.50. The van der Waals surface area contributed by atoms with Gasteiger partial charge in [-0.05, 0) is 24.7 Å². The molecule has 1 saturated carbocycles. The first-order valence-electron chi connectivity index (χ1n) is 4.62. The molecule has 0 radical (unpaired) electrons. The van der Waals surface area contributed by atoms with Crippen molar-refractivity contribution in [3.8, 4) is 0 Å². The summed E-state index contributed by atoms with van der Waals surface area (Å²) in [6.45, 7) is 6.08. The Morgan fingerprint density at radius 1 is 1.55 bits per heavy atom. The average molecular weight is 153 g/mol. The van der Waals surface area contributed by atoms with Crippen LogP contribution in [0.15, 0.2) is 12.7 Å². The minimum atomic E-state index is 0.428. The molecule has 1 nitrogen and oxygen atoms in total. The summed E-state index contributed by atoms with van der Waals surface area (Å²) in [5, 5.41) is 0. The second-order valence-corrected chi connectivity index (χ2v) is 3.76. The Labute approximate surface area is 69.7 Å².